The molecule has 0 atom stereocenters. The first kappa shape index (κ1) is 21.7. The van der Waals surface area contributed by atoms with Crippen molar-refractivity contribution in [3.05, 3.63) is 64.1 Å². The molecule has 3 aromatic rings. The van der Waals surface area contributed by atoms with E-state index < -0.39 is 0 Å². The molecule has 0 radical (unpaired) electrons. The molecule has 0 spiro atoms. The fourth-order valence-electron chi connectivity index (χ4n) is 3.59. The van der Waals surface area contributed by atoms with Gasteiger partial charge in [0.25, 0.3) is 5.91 Å². The van der Waals surface area contributed by atoms with Crippen molar-refractivity contribution in [2.75, 3.05) is 43.5 Å². The van der Waals surface area contributed by atoms with Gasteiger partial charge in [0.2, 0.25) is 5.01 Å². The van der Waals surface area contributed by atoms with Crippen molar-refractivity contribution in [3.63, 3.8) is 0 Å². The molecule has 1 amide bonds. The highest BCUT2D eigenvalue weighted by molar-refractivity contribution is 7.13. The molecule has 8 nitrogen and oxygen atoms in total. The van der Waals surface area contributed by atoms with Crippen molar-refractivity contribution >= 4 is 28.6 Å². The Labute approximate surface area is 191 Å². The van der Waals surface area contributed by atoms with Crippen LogP contribution >= 0.6 is 11.3 Å². The van der Waals surface area contributed by atoms with E-state index in [9.17, 15) is 4.79 Å². The van der Waals surface area contributed by atoms with Crippen LogP contribution < -0.4 is 15.0 Å². The second-order valence-corrected chi connectivity index (χ2v) is 8.52. The first-order chi connectivity index (χ1) is 15.6. The van der Waals surface area contributed by atoms with E-state index in [4.69, 9.17) is 10.00 Å². The minimum atomic E-state index is -0.262. The summed E-state index contributed by atoms with van der Waals surface area (Å²) in [6, 6.07) is 17.1. The van der Waals surface area contributed by atoms with Crippen molar-refractivity contribution in [1.29, 1.82) is 5.26 Å². The Balaban J connectivity index is 1.31. The van der Waals surface area contributed by atoms with E-state index in [1.807, 2.05) is 24.3 Å². The van der Waals surface area contributed by atoms with Gasteiger partial charge in [-0.3, -0.25) is 9.69 Å². The van der Waals surface area contributed by atoms with Crippen LogP contribution in [0.3, 0.4) is 0 Å². The number of methoxy groups -OCH3 is 1. The van der Waals surface area contributed by atoms with Crippen LogP contribution in [0.1, 0.15) is 26.8 Å². The first-order valence-electron chi connectivity index (χ1n) is 10.4. The molecule has 2 heterocycles. The normalized spacial score (nSPS) is 14.4. The maximum absolute atomic E-state index is 12.5. The van der Waals surface area contributed by atoms with Crippen molar-refractivity contribution < 1.29 is 9.53 Å². The predicted octanol–water partition coefficient (Wildman–Crippen LogP) is 3.38. The Bertz CT molecular complexity index is 1090. The van der Waals surface area contributed by atoms with Crippen molar-refractivity contribution in [2.24, 2.45) is 0 Å². The number of anilines is 2. The average Bonchev–Trinajstić information content (AvgIpc) is 3.18. The van der Waals surface area contributed by atoms with Crippen LogP contribution in [0.15, 0.2) is 48.5 Å². The van der Waals surface area contributed by atoms with Gasteiger partial charge in [-0.1, -0.05) is 11.3 Å². The van der Waals surface area contributed by atoms with Gasteiger partial charge in [0.15, 0.2) is 0 Å². The molecule has 4 rings (SSSR count). The number of nitriles is 1. The number of ether oxygens (including phenoxy) is 1. The maximum atomic E-state index is 12.5. The van der Waals surface area contributed by atoms with Crippen molar-refractivity contribution in [3.8, 4) is 11.8 Å². The third-order valence-electron chi connectivity index (χ3n) is 5.32. The summed E-state index contributed by atoms with van der Waals surface area (Å²) < 4.78 is 5.13. The number of hydrogen-bond donors (Lipinski definition) is 1. The number of nitrogens with zero attached hydrogens (tertiary/aromatic N) is 5. The van der Waals surface area contributed by atoms with E-state index in [0.29, 0.717) is 22.8 Å². The standard InChI is InChI=1S/C23H24N6O2S/c1-31-20-9-5-18(6-10-20)25-22(30)23-27-26-21(32-23)16-28-11-2-12-29(14-13-28)19-7-3-17(15-24)4-8-19/h3-10H,2,11-14,16H2,1H3,(H,25,30). The predicted molar refractivity (Wildman–Crippen MR) is 124 cm³/mol. The summed E-state index contributed by atoms with van der Waals surface area (Å²) in [6.45, 7) is 4.39. The summed E-state index contributed by atoms with van der Waals surface area (Å²) >= 11 is 1.32. The molecule has 1 saturated heterocycles. The van der Waals surface area contributed by atoms with Crippen LogP contribution in [0.4, 0.5) is 11.4 Å². The zero-order valence-corrected chi connectivity index (χ0v) is 18.6. The second-order valence-electron chi connectivity index (χ2n) is 7.46. The molecule has 164 valence electrons. The van der Waals surface area contributed by atoms with Crippen molar-refractivity contribution in [1.82, 2.24) is 15.1 Å². The van der Waals surface area contributed by atoms with Gasteiger partial charge in [-0.05, 0) is 55.0 Å². The quantitative estimate of drug-likeness (QED) is 0.618. The molecule has 1 N–H and O–H groups in total. The minimum Gasteiger partial charge on any atom is -0.497 e. The highest BCUT2D eigenvalue weighted by Crippen LogP contribution is 2.20. The number of carbonyl (C=O) groups excluding carboxylic acids is 1. The molecule has 32 heavy (non-hydrogen) atoms. The number of nitrogens with one attached hydrogen (secondary N) is 1. The van der Waals surface area contributed by atoms with Crippen LogP contribution in [0.25, 0.3) is 0 Å². The highest BCUT2D eigenvalue weighted by atomic mass is 32.1. The fraction of sp³-hybridized carbons (Fsp3) is 0.304. The second kappa shape index (κ2) is 10.2. The highest BCUT2D eigenvalue weighted by Gasteiger charge is 2.19. The van der Waals surface area contributed by atoms with E-state index in [1.165, 1.54) is 11.3 Å². The summed E-state index contributed by atoms with van der Waals surface area (Å²) in [4.78, 5) is 17.2. The molecule has 1 aliphatic heterocycles. The zero-order chi connectivity index (χ0) is 22.3. The molecule has 9 heteroatoms. The zero-order valence-electron chi connectivity index (χ0n) is 17.8. The fourth-order valence-corrected chi connectivity index (χ4v) is 4.37. The Kier molecular flexibility index (Phi) is 6.94. The summed E-state index contributed by atoms with van der Waals surface area (Å²) in [7, 11) is 1.60. The van der Waals surface area contributed by atoms with Gasteiger partial charge in [0.05, 0.1) is 25.3 Å². The van der Waals surface area contributed by atoms with E-state index in [2.05, 4.69) is 31.4 Å². The van der Waals surface area contributed by atoms with Crippen LogP contribution in [0.2, 0.25) is 0 Å². The molecule has 0 aliphatic carbocycles. The van der Waals surface area contributed by atoms with Gasteiger partial charge in [-0.25, -0.2) is 0 Å². The smallest absolute Gasteiger partial charge is 0.286 e. The Morgan fingerprint density at radius 1 is 1.09 bits per heavy atom. The third kappa shape index (κ3) is 5.41. The van der Waals surface area contributed by atoms with E-state index in [-0.39, 0.29) is 5.91 Å². The average molecular weight is 449 g/mol. The monoisotopic (exact) mass is 448 g/mol. The molecule has 0 saturated carbocycles. The lowest BCUT2D eigenvalue weighted by molar-refractivity contribution is 0.102. The SMILES string of the molecule is COc1ccc(NC(=O)c2nnc(CN3CCCN(c4ccc(C#N)cc4)CC3)s2)cc1. The molecule has 1 aliphatic rings. The van der Waals surface area contributed by atoms with Crippen LogP contribution in [0.5, 0.6) is 5.75 Å². The number of hydrogen-bond acceptors (Lipinski definition) is 8. The third-order valence-corrected chi connectivity index (χ3v) is 6.22. The largest absolute Gasteiger partial charge is 0.497 e. The maximum Gasteiger partial charge on any atom is 0.286 e. The Morgan fingerprint density at radius 2 is 1.88 bits per heavy atom. The number of carbonyl (C=O) groups is 1. The molecule has 1 fully saturated rings. The molecular weight excluding hydrogens is 424 g/mol. The van der Waals surface area contributed by atoms with Gasteiger partial charge in [-0.15, -0.1) is 10.2 Å². The number of rotatable bonds is 6. The van der Waals surface area contributed by atoms with Crippen LogP contribution in [-0.2, 0) is 6.54 Å². The van der Waals surface area contributed by atoms with Gasteiger partial charge in [0, 0.05) is 37.6 Å². The topological polar surface area (TPSA) is 94.4 Å². The van der Waals surface area contributed by atoms with Crippen molar-refractivity contribution in [2.45, 2.75) is 13.0 Å². The summed E-state index contributed by atoms with van der Waals surface area (Å²) in [6.07, 6.45) is 1.03. The summed E-state index contributed by atoms with van der Waals surface area (Å²) in [5.41, 5.74) is 2.50. The first-order valence-corrected chi connectivity index (χ1v) is 11.2. The lowest BCUT2D eigenvalue weighted by atomic mass is 10.2. The minimum absolute atomic E-state index is 0.262. The molecule has 0 unspecified atom stereocenters. The van der Waals surface area contributed by atoms with E-state index in [0.717, 1.165) is 49.0 Å². The summed E-state index contributed by atoms with van der Waals surface area (Å²) in [5.74, 6) is 0.471. The Hall–Kier alpha value is -3.48. The number of amides is 1. The lowest BCUT2D eigenvalue weighted by Gasteiger charge is -2.23. The Morgan fingerprint density at radius 3 is 2.59 bits per heavy atom. The lowest BCUT2D eigenvalue weighted by Crippen LogP contribution is -2.30. The summed E-state index contributed by atoms with van der Waals surface area (Å²) in [5, 5.41) is 21.3. The van der Waals surface area contributed by atoms with Gasteiger partial charge in [-0.2, -0.15) is 5.26 Å². The molecule has 2 aromatic carbocycles. The van der Waals surface area contributed by atoms with Gasteiger partial charge in [0.1, 0.15) is 10.8 Å². The number of aromatic nitrogens is 2. The van der Waals surface area contributed by atoms with Crippen LogP contribution in [-0.4, -0.2) is 54.3 Å². The van der Waals surface area contributed by atoms with E-state index >= 15 is 0 Å². The molecule has 1 aromatic heterocycles. The number of benzene rings is 2. The van der Waals surface area contributed by atoms with Gasteiger partial charge >= 0.3 is 0 Å². The van der Waals surface area contributed by atoms with Crippen LogP contribution in [0, 0.1) is 11.3 Å². The van der Waals surface area contributed by atoms with Gasteiger partial charge < -0.3 is 15.0 Å². The van der Waals surface area contributed by atoms with E-state index in [1.54, 1.807) is 31.4 Å². The molecule has 0 bridgehead atoms. The molecular formula is C23H24N6O2S.